The molecule has 1 amide bonds. The topological polar surface area (TPSA) is 55.4 Å². The summed E-state index contributed by atoms with van der Waals surface area (Å²) in [7, 11) is 0. The van der Waals surface area contributed by atoms with Gasteiger partial charge in [0, 0.05) is 24.6 Å². The van der Waals surface area contributed by atoms with Crippen LogP contribution < -0.4 is 10.1 Å². The molecule has 4 nitrogen and oxygen atoms in total. The number of hydrogen-bond donors (Lipinski definition) is 1. The van der Waals surface area contributed by atoms with Crippen LogP contribution in [-0.4, -0.2) is 11.9 Å². The molecule has 3 aromatic rings. The highest BCUT2D eigenvalue weighted by molar-refractivity contribution is 5.89. The van der Waals surface area contributed by atoms with Gasteiger partial charge < -0.3 is 10.1 Å². The predicted molar refractivity (Wildman–Crippen MR) is 106 cm³/mol. The first-order valence-electron chi connectivity index (χ1n) is 8.80. The number of ether oxygens (including phenoxy) is 1. The number of rotatable bonds is 6. The van der Waals surface area contributed by atoms with Crippen molar-refractivity contribution >= 4 is 17.6 Å². The zero-order chi connectivity index (χ0) is 19.1. The number of nitrogens with one attached hydrogen (secondary N) is 1. The number of anilines is 1. The van der Waals surface area contributed by atoms with Crippen molar-refractivity contribution in [2.24, 2.45) is 0 Å². The van der Waals surface area contributed by atoms with Crippen LogP contribution in [0.5, 0.6) is 5.75 Å². The van der Waals surface area contributed by atoms with E-state index in [1.54, 1.807) is 24.3 Å². The van der Waals surface area contributed by atoms with Gasteiger partial charge >= 0.3 is 5.97 Å². The molecule has 0 aliphatic rings. The van der Waals surface area contributed by atoms with Gasteiger partial charge in [0.05, 0.1) is 6.42 Å². The second kappa shape index (κ2) is 8.81. The van der Waals surface area contributed by atoms with Crippen LogP contribution >= 0.6 is 0 Å². The van der Waals surface area contributed by atoms with Crippen LogP contribution in [0.15, 0.2) is 84.9 Å². The zero-order valence-electron chi connectivity index (χ0n) is 15.1. The standard InChI is InChI=1S/C23H21NO3/c1-17(25)24-20-13-8-14-21(15-20)27-23(26)16-22(18-9-4-2-5-10-18)19-11-6-3-7-12-19/h2-15,22H,16H2,1H3,(H,24,25). The summed E-state index contributed by atoms with van der Waals surface area (Å²) in [6, 6.07) is 26.7. The molecule has 1 N–H and O–H groups in total. The van der Waals surface area contributed by atoms with Crippen LogP contribution in [0.1, 0.15) is 30.4 Å². The summed E-state index contributed by atoms with van der Waals surface area (Å²) in [4.78, 5) is 23.8. The third kappa shape index (κ3) is 5.28. The first-order chi connectivity index (χ1) is 13.1. The van der Waals surface area contributed by atoms with Crippen molar-refractivity contribution in [1.29, 1.82) is 0 Å². The molecule has 0 bridgehead atoms. The third-order valence-electron chi connectivity index (χ3n) is 4.16. The van der Waals surface area contributed by atoms with Gasteiger partial charge in [0.2, 0.25) is 5.91 Å². The lowest BCUT2D eigenvalue weighted by Gasteiger charge is -2.17. The highest BCUT2D eigenvalue weighted by atomic mass is 16.5. The number of esters is 1. The van der Waals surface area contributed by atoms with Gasteiger partial charge in [-0.05, 0) is 23.3 Å². The Kier molecular flexibility index (Phi) is 6.00. The average molecular weight is 359 g/mol. The van der Waals surface area contributed by atoms with E-state index in [0.717, 1.165) is 11.1 Å². The minimum atomic E-state index is -0.326. The first-order valence-corrected chi connectivity index (χ1v) is 8.80. The summed E-state index contributed by atoms with van der Waals surface area (Å²) in [5.41, 5.74) is 2.72. The van der Waals surface area contributed by atoms with E-state index in [1.807, 2.05) is 60.7 Å². The van der Waals surface area contributed by atoms with Crippen LogP contribution in [0.4, 0.5) is 5.69 Å². The van der Waals surface area contributed by atoms with E-state index >= 15 is 0 Å². The third-order valence-corrected chi connectivity index (χ3v) is 4.16. The Balaban J connectivity index is 1.76. The average Bonchev–Trinajstić information content (AvgIpc) is 2.67. The van der Waals surface area contributed by atoms with Gasteiger partial charge in [0.25, 0.3) is 0 Å². The van der Waals surface area contributed by atoms with Crippen molar-refractivity contribution in [2.75, 3.05) is 5.32 Å². The van der Waals surface area contributed by atoms with E-state index in [-0.39, 0.29) is 24.2 Å². The molecule has 0 unspecified atom stereocenters. The van der Waals surface area contributed by atoms with Gasteiger partial charge in [-0.15, -0.1) is 0 Å². The Labute approximate surface area is 158 Å². The Hall–Kier alpha value is -3.40. The zero-order valence-corrected chi connectivity index (χ0v) is 15.1. The van der Waals surface area contributed by atoms with Crippen molar-refractivity contribution in [3.63, 3.8) is 0 Å². The number of amides is 1. The molecule has 27 heavy (non-hydrogen) atoms. The second-order valence-corrected chi connectivity index (χ2v) is 6.26. The van der Waals surface area contributed by atoms with E-state index in [0.29, 0.717) is 11.4 Å². The molecular formula is C23H21NO3. The summed E-state index contributed by atoms with van der Waals surface area (Å²) < 4.78 is 5.52. The van der Waals surface area contributed by atoms with Crippen LogP contribution in [0.2, 0.25) is 0 Å². The minimum absolute atomic E-state index is 0.0848. The maximum absolute atomic E-state index is 12.6. The van der Waals surface area contributed by atoms with Crippen LogP contribution in [-0.2, 0) is 9.59 Å². The van der Waals surface area contributed by atoms with E-state index in [9.17, 15) is 9.59 Å². The number of carbonyl (C=O) groups is 2. The van der Waals surface area contributed by atoms with Crippen molar-refractivity contribution in [3.05, 3.63) is 96.1 Å². The largest absolute Gasteiger partial charge is 0.426 e. The molecule has 0 fully saturated rings. The van der Waals surface area contributed by atoms with Crippen LogP contribution in [0.3, 0.4) is 0 Å². The molecule has 3 aromatic carbocycles. The van der Waals surface area contributed by atoms with Crippen LogP contribution in [0.25, 0.3) is 0 Å². The molecule has 0 radical (unpaired) electrons. The van der Waals surface area contributed by atoms with Gasteiger partial charge in [-0.1, -0.05) is 66.7 Å². The molecule has 0 saturated carbocycles. The van der Waals surface area contributed by atoms with E-state index < -0.39 is 0 Å². The summed E-state index contributed by atoms with van der Waals surface area (Å²) >= 11 is 0. The van der Waals surface area contributed by atoms with Gasteiger partial charge in [0.1, 0.15) is 5.75 Å². The number of hydrogen-bond acceptors (Lipinski definition) is 3. The lowest BCUT2D eigenvalue weighted by atomic mass is 9.89. The van der Waals surface area contributed by atoms with Crippen LogP contribution in [0, 0.1) is 0 Å². The number of carbonyl (C=O) groups excluding carboxylic acids is 2. The fourth-order valence-corrected chi connectivity index (χ4v) is 2.98. The monoisotopic (exact) mass is 359 g/mol. The normalized spacial score (nSPS) is 10.4. The fraction of sp³-hybridized carbons (Fsp3) is 0.130. The Bertz CT molecular complexity index is 868. The Morgan fingerprint density at radius 3 is 2.00 bits per heavy atom. The quantitative estimate of drug-likeness (QED) is 0.509. The molecule has 0 saturated heterocycles. The lowest BCUT2D eigenvalue weighted by molar-refractivity contribution is -0.134. The molecule has 136 valence electrons. The molecule has 0 aromatic heterocycles. The molecule has 4 heteroatoms. The van der Waals surface area contributed by atoms with Crippen molar-refractivity contribution in [1.82, 2.24) is 0 Å². The minimum Gasteiger partial charge on any atom is -0.426 e. The van der Waals surface area contributed by atoms with Gasteiger partial charge in [0.15, 0.2) is 0 Å². The summed E-state index contributed by atoms with van der Waals surface area (Å²) in [5, 5.41) is 2.68. The van der Waals surface area contributed by atoms with Gasteiger partial charge in [-0.3, -0.25) is 9.59 Å². The van der Waals surface area contributed by atoms with Gasteiger partial charge in [-0.25, -0.2) is 0 Å². The second-order valence-electron chi connectivity index (χ2n) is 6.26. The number of benzene rings is 3. The van der Waals surface area contributed by atoms with E-state index in [4.69, 9.17) is 4.74 Å². The molecule has 0 spiro atoms. The summed E-state index contributed by atoms with van der Waals surface area (Å²) in [6.07, 6.45) is 0.221. The van der Waals surface area contributed by atoms with E-state index in [1.165, 1.54) is 6.92 Å². The highest BCUT2D eigenvalue weighted by Crippen LogP contribution is 2.29. The molecule has 0 atom stereocenters. The smallest absolute Gasteiger partial charge is 0.312 e. The van der Waals surface area contributed by atoms with Crippen molar-refractivity contribution in [3.8, 4) is 5.75 Å². The van der Waals surface area contributed by atoms with Gasteiger partial charge in [-0.2, -0.15) is 0 Å². The van der Waals surface area contributed by atoms with E-state index in [2.05, 4.69) is 5.32 Å². The molecule has 3 rings (SSSR count). The Morgan fingerprint density at radius 2 is 1.44 bits per heavy atom. The molecular weight excluding hydrogens is 338 g/mol. The lowest BCUT2D eigenvalue weighted by Crippen LogP contribution is -2.14. The first kappa shape index (κ1) is 18.4. The maximum atomic E-state index is 12.6. The summed E-state index contributed by atoms with van der Waals surface area (Å²) in [5.74, 6) is -0.177. The fourth-order valence-electron chi connectivity index (χ4n) is 2.98. The molecule has 0 aliphatic carbocycles. The Morgan fingerprint density at radius 1 is 0.852 bits per heavy atom. The molecule has 0 heterocycles. The highest BCUT2D eigenvalue weighted by Gasteiger charge is 2.19. The van der Waals surface area contributed by atoms with Crippen molar-refractivity contribution < 1.29 is 14.3 Å². The summed E-state index contributed by atoms with van der Waals surface area (Å²) in [6.45, 7) is 1.43. The maximum Gasteiger partial charge on any atom is 0.312 e. The van der Waals surface area contributed by atoms with Crippen molar-refractivity contribution in [2.45, 2.75) is 19.3 Å². The predicted octanol–water partition coefficient (Wildman–Crippen LogP) is 4.77. The SMILES string of the molecule is CC(=O)Nc1cccc(OC(=O)CC(c2ccccc2)c2ccccc2)c1. The molecule has 0 aliphatic heterocycles.